The van der Waals surface area contributed by atoms with E-state index in [-0.39, 0.29) is 43.6 Å². The maximum Gasteiger partial charge on any atom is 0.254 e. The highest BCUT2D eigenvalue weighted by atomic mass is 19.1. The van der Waals surface area contributed by atoms with Crippen LogP contribution in [0.3, 0.4) is 0 Å². The molecule has 2 heterocycles. The van der Waals surface area contributed by atoms with Crippen molar-refractivity contribution in [2.75, 3.05) is 39.9 Å². The Labute approximate surface area is 173 Å². The Morgan fingerprint density at radius 2 is 2.10 bits per heavy atom. The highest BCUT2D eigenvalue weighted by Crippen LogP contribution is 2.17. The van der Waals surface area contributed by atoms with Gasteiger partial charge in [0.15, 0.2) is 0 Å². The molecule has 3 rings (SSSR count). The van der Waals surface area contributed by atoms with Crippen LogP contribution < -0.4 is 10.6 Å². The standard InChI is InChI=1S/C20H25FN4O5/c1-30-12-17(26)24-8-9-25(20(29)13-4-2-5-14(21)10-13)16(11-24)19(28)23-15-6-3-7-22-18(15)27/h2,4-5,10,15-16H,3,6-9,11-12H2,1H3,(H,22,27)(H,23,28)/t15-,16+/m1/s1. The number of piperidine rings is 1. The highest BCUT2D eigenvalue weighted by molar-refractivity contribution is 5.99. The van der Waals surface area contributed by atoms with Crippen LogP contribution in [-0.2, 0) is 19.1 Å². The van der Waals surface area contributed by atoms with E-state index in [9.17, 15) is 23.6 Å². The summed E-state index contributed by atoms with van der Waals surface area (Å²) in [4.78, 5) is 53.1. The Kier molecular flexibility index (Phi) is 6.99. The number of methoxy groups -OCH3 is 1. The van der Waals surface area contributed by atoms with Crippen molar-refractivity contribution in [3.05, 3.63) is 35.6 Å². The van der Waals surface area contributed by atoms with Gasteiger partial charge < -0.3 is 25.2 Å². The summed E-state index contributed by atoms with van der Waals surface area (Å²) in [6, 6.07) is 3.52. The number of nitrogens with zero attached hydrogens (tertiary/aromatic N) is 2. The first-order valence-electron chi connectivity index (χ1n) is 9.82. The van der Waals surface area contributed by atoms with E-state index in [4.69, 9.17) is 4.74 Å². The minimum Gasteiger partial charge on any atom is -0.375 e. The Morgan fingerprint density at radius 1 is 1.30 bits per heavy atom. The number of rotatable bonds is 5. The van der Waals surface area contributed by atoms with E-state index in [2.05, 4.69) is 10.6 Å². The van der Waals surface area contributed by atoms with Crippen molar-refractivity contribution in [1.29, 1.82) is 0 Å². The lowest BCUT2D eigenvalue weighted by atomic mass is 10.0. The monoisotopic (exact) mass is 420 g/mol. The van der Waals surface area contributed by atoms with Crippen molar-refractivity contribution in [3.8, 4) is 0 Å². The largest absolute Gasteiger partial charge is 0.375 e. The van der Waals surface area contributed by atoms with Crippen LogP contribution in [0.1, 0.15) is 23.2 Å². The molecule has 2 aliphatic rings. The number of ether oxygens (including phenoxy) is 1. The lowest BCUT2D eigenvalue weighted by Gasteiger charge is -2.41. The van der Waals surface area contributed by atoms with Crippen LogP contribution >= 0.6 is 0 Å². The van der Waals surface area contributed by atoms with E-state index in [1.807, 2.05) is 0 Å². The van der Waals surface area contributed by atoms with Crippen molar-refractivity contribution < 1.29 is 28.3 Å². The van der Waals surface area contributed by atoms with Gasteiger partial charge in [0.25, 0.3) is 5.91 Å². The summed E-state index contributed by atoms with van der Waals surface area (Å²) in [6.07, 6.45) is 1.22. The molecule has 0 saturated carbocycles. The Balaban J connectivity index is 1.80. The van der Waals surface area contributed by atoms with Gasteiger partial charge in [-0.25, -0.2) is 4.39 Å². The van der Waals surface area contributed by atoms with Crippen LogP contribution in [0.15, 0.2) is 24.3 Å². The molecule has 0 aromatic heterocycles. The first kappa shape index (κ1) is 21.7. The number of hydrogen-bond acceptors (Lipinski definition) is 5. The van der Waals surface area contributed by atoms with Crippen molar-refractivity contribution in [2.24, 2.45) is 0 Å². The van der Waals surface area contributed by atoms with Crippen LogP contribution in [-0.4, -0.2) is 85.4 Å². The zero-order valence-electron chi connectivity index (χ0n) is 16.7. The minimum atomic E-state index is -1.01. The number of carbonyl (C=O) groups excluding carboxylic acids is 4. The number of hydrogen-bond donors (Lipinski definition) is 2. The Hall–Kier alpha value is -3.01. The molecule has 162 valence electrons. The predicted octanol–water partition coefficient (Wildman–Crippen LogP) is -0.480. The molecule has 1 aromatic rings. The molecule has 2 atom stereocenters. The number of halogens is 1. The summed E-state index contributed by atoms with van der Waals surface area (Å²) in [7, 11) is 1.40. The van der Waals surface area contributed by atoms with Crippen molar-refractivity contribution >= 4 is 23.6 Å². The number of nitrogens with one attached hydrogen (secondary N) is 2. The summed E-state index contributed by atoms with van der Waals surface area (Å²) < 4.78 is 18.5. The van der Waals surface area contributed by atoms with E-state index in [0.717, 1.165) is 12.5 Å². The molecule has 4 amide bonds. The third-order valence-electron chi connectivity index (χ3n) is 5.24. The Morgan fingerprint density at radius 3 is 2.80 bits per heavy atom. The van der Waals surface area contributed by atoms with E-state index in [1.165, 1.54) is 35.1 Å². The van der Waals surface area contributed by atoms with Crippen molar-refractivity contribution in [2.45, 2.75) is 24.9 Å². The fourth-order valence-electron chi connectivity index (χ4n) is 3.66. The quantitative estimate of drug-likeness (QED) is 0.669. The van der Waals surface area contributed by atoms with Gasteiger partial charge in [-0.1, -0.05) is 6.07 Å². The van der Waals surface area contributed by atoms with Gasteiger partial charge in [0, 0.05) is 32.3 Å². The van der Waals surface area contributed by atoms with Gasteiger partial charge in [-0.2, -0.15) is 0 Å². The molecular formula is C20H25FN4O5. The third kappa shape index (κ3) is 4.93. The van der Waals surface area contributed by atoms with Crippen LogP contribution in [0.4, 0.5) is 4.39 Å². The molecule has 0 radical (unpaired) electrons. The molecule has 0 bridgehead atoms. The van der Waals surface area contributed by atoms with Crippen LogP contribution in [0.5, 0.6) is 0 Å². The van der Waals surface area contributed by atoms with E-state index in [0.29, 0.717) is 13.0 Å². The van der Waals surface area contributed by atoms with Crippen LogP contribution in [0.2, 0.25) is 0 Å². The molecule has 0 unspecified atom stereocenters. The van der Waals surface area contributed by atoms with E-state index >= 15 is 0 Å². The van der Waals surface area contributed by atoms with Gasteiger partial charge >= 0.3 is 0 Å². The summed E-state index contributed by atoms with van der Waals surface area (Å²) in [5, 5.41) is 5.38. The first-order chi connectivity index (χ1) is 14.4. The molecule has 30 heavy (non-hydrogen) atoms. The topological polar surface area (TPSA) is 108 Å². The van der Waals surface area contributed by atoms with Crippen LogP contribution in [0.25, 0.3) is 0 Å². The van der Waals surface area contributed by atoms with Gasteiger partial charge in [-0.05, 0) is 31.0 Å². The molecule has 2 aliphatic heterocycles. The summed E-state index contributed by atoms with van der Waals surface area (Å²) >= 11 is 0. The smallest absolute Gasteiger partial charge is 0.254 e. The molecule has 9 nitrogen and oxygen atoms in total. The molecule has 2 saturated heterocycles. The van der Waals surface area contributed by atoms with Crippen LogP contribution in [0, 0.1) is 5.82 Å². The zero-order valence-corrected chi connectivity index (χ0v) is 16.7. The average molecular weight is 420 g/mol. The highest BCUT2D eigenvalue weighted by Gasteiger charge is 2.38. The van der Waals surface area contributed by atoms with Crippen molar-refractivity contribution in [1.82, 2.24) is 20.4 Å². The minimum absolute atomic E-state index is 0.0383. The normalized spacial score (nSPS) is 21.7. The summed E-state index contributed by atoms with van der Waals surface area (Å²) in [6.45, 7) is 0.690. The van der Waals surface area contributed by atoms with Gasteiger partial charge in [-0.3, -0.25) is 19.2 Å². The fraction of sp³-hybridized carbons (Fsp3) is 0.500. The SMILES string of the molecule is COCC(=O)N1CCN(C(=O)c2cccc(F)c2)[C@H](C(=O)N[C@@H]2CCCNC2=O)C1. The summed E-state index contributed by atoms with van der Waals surface area (Å²) in [5.41, 5.74) is 0.111. The molecule has 10 heteroatoms. The number of piperazine rings is 1. The second-order valence-electron chi connectivity index (χ2n) is 7.29. The molecule has 0 spiro atoms. The molecular weight excluding hydrogens is 395 g/mol. The lowest BCUT2D eigenvalue weighted by Crippen LogP contribution is -2.63. The molecule has 0 aliphatic carbocycles. The van der Waals surface area contributed by atoms with Gasteiger partial charge in [0.05, 0.1) is 6.54 Å². The van der Waals surface area contributed by atoms with E-state index in [1.54, 1.807) is 0 Å². The predicted molar refractivity (Wildman–Crippen MR) is 104 cm³/mol. The van der Waals surface area contributed by atoms with Gasteiger partial charge in [-0.15, -0.1) is 0 Å². The third-order valence-corrected chi connectivity index (χ3v) is 5.24. The van der Waals surface area contributed by atoms with Gasteiger partial charge in [0.1, 0.15) is 24.5 Å². The Bertz CT molecular complexity index is 833. The van der Waals surface area contributed by atoms with Crippen molar-refractivity contribution in [3.63, 3.8) is 0 Å². The second kappa shape index (κ2) is 9.66. The second-order valence-corrected chi connectivity index (χ2v) is 7.29. The van der Waals surface area contributed by atoms with E-state index < -0.39 is 29.7 Å². The number of carbonyl (C=O) groups is 4. The molecule has 1 aromatic carbocycles. The maximum atomic E-state index is 13.6. The fourth-order valence-corrected chi connectivity index (χ4v) is 3.66. The maximum absolute atomic E-state index is 13.6. The lowest BCUT2D eigenvalue weighted by molar-refractivity contribution is -0.141. The van der Waals surface area contributed by atoms with Gasteiger partial charge in [0.2, 0.25) is 17.7 Å². The summed E-state index contributed by atoms with van der Waals surface area (Å²) in [5.74, 6) is -2.18. The molecule has 2 N–H and O–H groups in total. The molecule has 2 fully saturated rings. The number of amides is 4. The first-order valence-corrected chi connectivity index (χ1v) is 9.82. The average Bonchev–Trinajstić information content (AvgIpc) is 2.74. The zero-order chi connectivity index (χ0) is 21.7. The number of benzene rings is 1.